The molecule has 0 aromatic heterocycles. The van der Waals surface area contributed by atoms with Gasteiger partial charge in [-0.1, -0.05) is 51.1 Å². The first-order valence-electron chi connectivity index (χ1n) is 8.07. The second kappa shape index (κ2) is 7.08. The van der Waals surface area contributed by atoms with Crippen LogP contribution in [-0.4, -0.2) is 25.0 Å². The Morgan fingerprint density at radius 3 is 2.76 bits per heavy atom. The summed E-state index contributed by atoms with van der Waals surface area (Å²) >= 11 is 0. The van der Waals surface area contributed by atoms with E-state index in [1.165, 1.54) is 5.56 Å². The second-order valence-corrected chi connectivity index (χ2v) is 6.87. The van der Waals surface area contributed by atoms with Gasteiger partial charge in [-0.2, -0.15) is 0 Å². The average Bonchev–Trinajstić information content (AvgIpc) is 2.47. The molecule has 3 nitrogen and oxygen atoms in total. The molecule has 0 saturated carbocycles. The van der Waals surface area contributed by atoms with Crippen LogP contribution < -0.4 is 10.6 Å². The summed E-state index contributed by atoms with van der Waals surface area (Å²) in [5.41, 5.74) is 1.38. The summed E-state index contributed by atoms with van der Waals surface area (Å²) < 4.78 is 0. The van der Waals surface area contributed by atoms with Crippen LogP contribution in [0.3, 0.4) is 0 Å². The molecule has 0 aliphatic carbocycles. The molecule has 1 aliphatic heterocycles. The third kappa shape index (κ3) is 4.31. The minimum Gasteiger partial charge on any atom is -0.355 e. The number of carbonyl (C=O) groups excluding carboxylic acids is 1. The van der Waals surface area contributed by atoms with Gasteiger partial charge in [-0.05, 0) is 42.7 Å². The smallest absolute Gasteiger partial charge is 0.237 e. The topological polar surface area (TPSA) is 41.1 Å². The first-order chi connectivity index (χ1) is 10.0. The molecule has 2 unspecified atom stereocenters. The Hall–Kier alpha value is -1.35. The van der Waals surface area contributed by atoms with Gasteiger partial charge in [0.05, 0.1) is 6.04 Å². The van der Waals surface area contributed by atoms with Gasteiger partial charge in [0.2, 0.25) is 5.91 Å². The van der Waals surface area contributed by atoms with Gasteiger partial charge < -0.3 is 10.6 Å². The molecule has 2 N–H and O–H groups in total. The van der Waals surface area contributed by atoms with Crippen LogP contribution in [0, 0.1) is 5.41 Å². The predicted molar refractivity (Wildman–Crippen MR) is 87.3 cm³/mol. The van der Waals surface area contributed by atoms with E-state index in [1.807, 2.05) is 6.07 Å². The summed E-state index contributed by atoms with van der Waals surface area (Å²) in [4.78, 5) is 12.4. The Balaban J connectivity index is 1.79. The van der Waals surface area contributed by atoms with Gasteiger partial charge in [0.1, 0.15) is 0 Å². The number of hydrogen-bond acceptors (Lipinski definition) is 2. The molecule has 0 spiro atoms. The van der Waals surface area contributed by atoms with Gasteiger partial charge in [-0.3, -0.25) is 4.79 Å². The molecule has 2 atom stereocenters. The maximum absolute atomic E-state index is 12.4. The van der Waals surface area contributed by atoms with E-state index in [4.69, 9.17) is 0 Å². The van der Waals surface area contributed by atoms with Gasteiger partial charge in [-0.25, -0.2) is 0 Å². The maximum Gasteiger partial charge on any atom is 0.237 e. The molecule has 1 saturated heterocycles. The minimum absolute atomic E-state index is 0.0490. The molecule has 1 heterocycles. The summed E-state index contributed by atoms with van der Waals surface area (Å²) in [5, 5.41) is 6.47. The van der Waals surface area contributed by atoms with E-state index in [0.717, 1.165) is 32.4 Å². The molecular formula is C18H28N2O. The van der Waals surface area contributed by atoms with E-state index in [2.05, 4.69) is 55.7 Å². The van der Waals surface area contributed by atoms with Crippen LogP contribution in [0.25, 0.3) is 0 Å². The zero-order valence-electron chi connectivity index (χ0n) is 13.5. The fourth-order valence-corrected chi connectivity index (χ4v) is 3.12. The summed E-state index contributed by atoms with van der Waals surface area (Å²) in [6.45, 7) is 8.25. The lowest BCUT2D eigenvalue weighted by Gasteiger charge is -2.38. The van der Waals surface area contributed by atoms with Crippen molar-refractivity contribution in [1.29, 1.82) is 0 Å². The van der Waals surface area contributed by atoms with Crippen LogP contribution in [-0.2, 0) is 4.79 Å². The number of amides is 1. The van der Waals surface area contributed by atoms with Crippen LogP contribution in [0.5, 0.6) is 0 Å². The van der Waals surface area contributed by atoms with E-state index in [1.54, 1.807) is 0 Å². The Labute approximate surface area is 128 Å². The number of benzene rings is 1. The van der Waals surface area contributed by atoms with Crippen molar-refractivity contribution in [3.8, 4) is 0 Å². The molecule has 1 aromatic carbocycles. The Kier molecular flexibility index (Phi) is 5.40. The Morgan fingerprint density at radius 1 is 1.38 bits per heavy atom. The standard InChI is InChI=1S/C18H28N2O/c1-14(15-8-5-4-6-9-15)10-13-20-17(21)16-18(2,3)11-7-12-19-16/h4-6,8-9,14,16,19H,7,10-13H2,1-3H3,(H,20,21). The zero-order chi connectivity index (χ0) is 15.3. The normalized spacial score (nSPS) is 22.5. The summed E-state index contributed by atoms with van der Waals surface area (Å²) in [5.74, 6) is 0.624. The predicted octanol–water partition coefficient (Wildman–Crippen LogP) is 3.07. The first kappa shape index (κ1) is 16.0. The molecule has 0 bridgehead atoms. The van der Waals surface area contributed by atoms with Crippen molar-refractivity contribution < 1.29 is 4.79 Å². The van der Waals surface area contributed by atoms with Crippen molar-refractivity contribution >= 4 is 5.91 Å². The third-order valence-electron chi connectivity index (χ3n) is 4.64. The van der Waals surface area contributed by atoms with E-state index in [0.29, 0.717) is 5.92 Å². The van der Waals surface area contributed by atoms with Crippen LogP contribution in [0.15, 0.2) is 30.3 Å². The van der Waals surface area contributed by atoms with Crippen molar-refractivity contribution in [2.45, 2.75) is 52.0 Å². The summed E-state index contributed by atoms with van der Waals surface area (Å²) in [7, 11) is 0. The lowest BCUT2D eigenvalue weighted by molar-refractivity contribution is -0.126. The lowest BCUT2D eigenvalue weighted by Crippen LogP contribution is -2.55. The highest BCUT2D eigenvalue weighted by molar-refractivity contribution is 5.82. The zero-order valence-corrected chi connectivity index (χ0v) is 13.5. The molecule has 2 rings (SSSR count). The van der Waals surface area contributed by atoms with Gasteiger partial charge in [0.25, 0.3) is 0 Å². The van der Waals surface area contributed by atoms with Gasteiger partial charge in [0, 0.05) is 6.54 Å². The van der Waals surface area contributed by atoms with Crippen molar-refractivity contribution in [1.82, 2.24) is 10.6 Å². The van der Waals surface area contributed by atoms with Crippen molar-refractivity contribution in [2.24, 2.45) is 5.41 Å². The summed E-state index contributed by atoms with van der Waals surface area (Å²) in [6, 6.07) is 10.4. The van der Waals surface area contributed by atoms with E-state index >= 15 is 0 Å². The Morgan fingerprint density at radius 2 is 2.10 bits per heavy atom. The van der Waals surface area contributed by atoms with Gasteiger partial charge in [0.15, 0.2) is 0 Å². The first-order valence-corrected chi connectivity index (χ1v) is 8.07. The number of piperidine rings is 1. The number of nitrogens with one attached hydrogen (secondary N) is 2. The molecule has 21 heavy (non-hydrogen) atoms. The van der Waals surface area contributed by atoms with E-state index in [-0.39, 0.29) is 17.4 Å². The molecule has 1 fully saturated rings. The SMILES string of the molecule is CC(CCNC(=O)C1NCCCC1(C)C)c1ccccc1. The quantitative estimate of drug-likeness (QED) is 0.874. The Bertz CT molecular complexity index is 456. The molecule has 1 amide bonds. The van der Waals surface area contributed by atoms with Crippen molar-refractivity contribution in [2.75, 3.05) is 13.1 Å². The molecule has 1 aromatic rings. The molecular weight excluding hydrogens is 260 g/mol. The van der Waals surface area contributed by atoms with E-state index in [9.17, 15) is 4.79 Å². The lowest BCUT2D eigenvalue weighted by atomic mass is 9.77. The largest absolute Gasteiger partial charge is 0.355 e. The molecule has 1 aliphatic rings. The number of hydrogen-bond donors (Lipinski definition) is 2. The number of carbonyl (C=O) groups is 1. The number of rotatable bonds is 5. The van der Waals surface area contributed by atoms with Crippen molar-refractivity contribution in [3.05, 3.63) is 35.9 Å². The van der Waals surface area contributed by atoms with E-state index < -0.39 is 0 Å². The second-order valence-electron chi connectivity index (χ2n) is 6.87. The van der Waals surface area contributed by atoms with Crippen LogP contribution >= 0.6 is 0 Å². The van der Waals surface area contributed by atoms with Crippen molar-refractivity contribution in [3.63, 3.8) is 0 Å². The fourth-order valence-electron chi connectivity index (χ4n) is 3.12. The highest BCUT2D eigenvalue weighted by Crippen LogP contribution is 2.30. The molecule has 3 heteroatoms. The average molecular weight is 288 g/mol. The monoisotopic (exact) mass is 288 g/mol. The molecule has 0 radical (unpaired) electrons. The fraction of sp³-hybridized carbons (Fsp3) is 0.611. The third-order valence-corrected chi connectivity index (χ3v) is 4.64. The van der Waals surface area contributed by atoms with Crippen LogP contribution in [0.2, 0.25) is 0 Å². The molecule has 116 valence electrons. The van der Waals surface area contributed by atoms with Gasteiger partial charge in [-0.15, -0.1) is 0 Å². The minimum atomic E-state index is -0.0571. The maximum atomic E-state index is 12.4. The van der Waals surface area contributed by atoms with Crippen LogP contribution in [0.1, 0.15) is 51.5 Å². The van der Waals surface area contributed by atoms with Crippen LogP contribution in [0.4, 0.5) is 0 Å². The summed E-state index contributed by atoms with van der Waals surface area (Å²) in [6.07, 6.45) is 3.24. The highest BCUT2D eigenvalue weighted by Gasteiger charge is 2.36. The highest BCUT2D eigenvalue weighted by atomic mass is 16.2. The van der Waals surface area contributed by atoms with Gasteiger partial charge >= 0.3 is 0 Å².